The Bertz CT molecular complexity index is 301. The molecule has 1 aliphatic heterocycles. The maximum absolute atomic E-state index is 12.1. The highest BCUT2D eigenvalue weighted by atomic mass is 16.2. The van der Waals surface area contributed by atoms with Crippen LogP contribution in [0.1, 0.15) is 45.4 Å². The van der Waals surface area contributed by atoms with Crippen LogP contribution in [0.4, 0.5) is 4.79 Å². The predicted octanol–water partition coefficient (Wildman–Crippen LogP) is 3.17. The second-order valence-corrected chi connectivity index (χ2v) is 5.70. The molecule has 1 fully saturated rings. The Morgan fingerprint density at radius 3 is 2.94 bits per heavy atom. The molecule has 102 valence electrons. The van der Waals surface area contributed by atoms with Crippen LogP contribution in [-0.2, 0) is 0 Å². The van der Waals surface area contributed by atoms with Crippen LogP contribution < -0.4 is 5.32 Å². The third-order valence-electron chi connectivity index (χ3n) is 4.30. The fourth-order valence-corrected chi connectivity index (χ4v) is 2.97. The molecule has 2 aliphatic rings. The summed E-state index contributed by atoms with van der Waals surface area (Å²) in [5.74, 6) is 1.35. The van der Waals surface area contributed by atoms with Crippen molar-refractivity contribution < 1.29 is 4.79 Å². The van der Waals surface area contributed by atoms with Crippen molar-refractivity contribution in [1.82, 2.24) is 10.2 Å². The molecule has 1 heterocycles. The van der Waals surface area contributed by atoms with Crippen LogP contribution in [-0.4, -0.2) is 30.6 Å². The van der Waals surface area contributed by atoms with Gasteiger partial charge in [-0.25, -0.2) is 4.79 Å². The highest BCUT2D eigenvalue weighted by molar-refractivity contribution is 5.74. The van der Waals surface area contributed by atoms with Crippen LogP contribution in [0.25, 0.3) is 0 Å². The van der Waals surface area contributed by atoms with Crippen LogP contribution in [0.2, 0.25) is 0 Å². The van der Waals surface area contributed by atoms with E-state index in [1.54, 1.807) is 0 Å². The van der Waals surface area contributed by atoms with Crippen LogP contribution in [0.3, 0.4) is 0 Å². The van der Waals surface area contributed by atoms with Gasteiger partial charge in [-0.3, -0.25) is 0 Å². The van der Waals surface area contributed by atoms with Crippen LogP contribution in [0, 0.1) is 11.8 Å². The number of hydrogen-bond acceptors (Lipinski definition) is 1. The number of likely N-dealkylation sites (tertiary alicyclic amines) is 1. The molecule has 0 aromatic heterocycles. The number of nitrogens with one attached hydrogen (secondary N) is 1. The molecule has 2 atom stereocenters. The van der Waals surface area contributed by atoms with E-state index in [4.69, 9.17) is 0 Å². The monoisotopic (exact) mass is 250 g/mol. The number of allylic oxidation sites excluding steroid dienone is 2. The number of hydrogen-bond donors (Lipinski definition) is 1. The van der Waals surface area contributed by atoms with Gasteiger partial charge in [0.15, 0.2) is 0 Å². The summed E-state index contributed by atoms with van der Waals surface area (Å²) in [6.07, 6.45) is 11.6. The summed E-state index contributed by atoms with van der Waals surface area (Å²) in [7, 11) is 0. The van der Waals surface area contributed by atoms with E-state index in [1.165, 1.54) is 25.7 Å². The lowest BCUT2D eigenvalue weighted by atomic mass is 9.94. The first-order valence-electron chi connectivity index (χ1n) is 7.47. The number of carbonyl (C=O) groups excluding carboxylic acids is 1. The third kappa shape index (κ3) is 3.76. The number of rotatable bonds is 3. The molecule has 0 saturated carbocycles. The summed E-state index contributed by atoms with van der Waals surface area (Å²) in [6.45, 7) is 4.96. The molecule has 1 N–H and O–H groups in total. The van der Waals surface area contributed by atoms with E-state index in [2.05, 4.69) is 24.4 Å². The first-order valence-corrected chi connectivity index (χ1v) is 7.47. The Balaban J connectivity index is 1.71. The molecule has 3 nitrogen and oxygen atoms in total. The number of urea groups is 1. The van der Waals surface area contributed by atoms with Crippen molar-refractivity contribution in [3.8, 4) is 0 Å². The Morgan fingerprint density at radius 1 is 1.33 bits per heavy atom. The molecule has 1 saturated heterocycles. The molecule has 2 unspecified atom stereocenters. The topological polar surface area (TPSA) is 32.3 Å². The minimum Gasteiger partial charge on any atom is -0.338 e. The molecule has 18 heavy (non-hydrogen) atoms. The van der Waals surface area contributed by atoms with Gasteiger partial charge < -0.3 is 10.2 Å². The Morgan fingerprint density at radius 2 is 2.22 bits per heavy atom. The molecule has 3 heteroatoms. The number of amides is 2. The van der Waals surface area contributed by atoms with Crippen LogP contribution in [0.15, 0.2) is 12.2 Å². The van der Waals surface area contributed by atoms with Crippen molar-refractivity contribution in [3.05, 3.63) is 12.2 Å². The average molecular weight is 250 g/mol. The molecule has 0 spiro atoms. The van der Waals surface area contributed by atoms with Crippen molar-refractivity contribution in [3.63, 3.8) is 0 Å². The van der Waals surface area contributed by atoms with E-state index >= 15 is 0 Å². The summed E-state index contributed by atoms with van der Waals surface area (Å²) < 4.78 is 0. The first kappa shape index (κ1) is 13.4. The van der Waals surface area contributed by atoms with E-state index in [-0.39, 0.29) is 6.03 Å². The van der Waals surface area contributed by atoms with E-state index < -0.39 is 0 Å². The number of nitrogens with zero attached hydrogens (tertiary/aromatic N) is 1. The fraction of sp³-hybridized carbons (Fsp3) is 0.800. The molecule has 0 radical (unpaired) electrons. The summed E-state index contributed by atoms with van der Waals surface area (Å²) in [6, 6.07) is 0.155. The van der Waals surface area contributed by atoms with Gasteiger partial charge in [-0.15, -0.1) is 0 Å². The maximum atomic E-state index is 12.1. The van der Waals surface area contributed by atoms with E-state index in [9.17, 15) is 4.79 Å². The standard InChI is InChI=1S/C15H26N2O/c1-2-13-9-6-10-17(12-13)15(18)16-11-14-7-4-3-5-8-14/h3-4,13-14H,2,5-12H2,1H3,(H,16,18). The van der Waals surface area contributed by atoms with Gasteiger partial charge in [0, 0.05) is 19.6 Å². The highest BCUT2D eigenvalue weighted by Gasteiger charge is 2.22. The van der Waals surface area contributed by atoms with Gasteiger partial charge in [-0.2, -0.15) is 0 Å². The van der Waals surface area contributed by atoms with Crippen molar-refractivity contribution in [2.45, 2.75) is 45.4 Å². The fourth-order valence-electron chi connectivity index (χ4n) is 2.97. The van der Waals surface area contributed by atoms with Gasteiger partial charge in [-0.05, 0) is 43.9 Å². The zero-order valence-corrected chi connectivity index (χ0v) is 11.5. The summed E-state index contributed by atoms with van der Waals surface area (Å²) >= 11 is 0. The molecule has 0 aromatic carbocycles. The predicted molar refractivity (Wildman–Crippen MR) is 74.5 cm³/mol. The summed E-state index contributed by atoms with van der Waals surface area (Å²) in [4.78, 5) is 14.1. The van der Waals surface area contributed by atoms with Crippen molar-refractivity contribution >= 4 is 6.03 Å². The Labute approximate surface area is 111 Å². The molecule has 2 rings (SSSR count). The van der Waals surface area contributed by atoms with Gasteiger partial charge in [0.1, 0.15) is 0 Å². The lowest BCUT2D eigenvalue weighted by Gasteiger charge is -2.32. The summed E-state index contributed by atoms with van der Waals surface area (Å²) in [5.41, 5.74) is 0. The maximum Gasteiger partial charge on any atom is 0.317 e. The van der Waals surface area contributed by atoms with Gasteiger partial charge in [-0.1, -0.05) is 25.5 Å². The first-order chi connectivity index (χ1) is 8.79. The zero-order chi connectivity index (χ0) is 12.8. The van der Waals surface area contributed by atoms with Crippen LogP contribution >= 0.6 is 0 Å². The molecule has 0 aromatic rings. The summed E-state index contributed by atoms with van der Waals surface area (Å²) in [5, 5.41) is 3.12. The number of carbonyl (C=O) groups is 1. The second kappa shape index (κ2) is 6.81. The zero-order valence-electron chi connectivity index (χ0n) is 11.5. The second-order valence-electron chi connectivity index (χ2n) is 5.70. The highest BCUT2D eigenvalue weighted by Crippen LogP contribution is 2.20. The smallest absolute Gasteiger partial charge is 0.317 e. The SMILES string of the molecule is CCC1CCCN(C(=O)NCC2CC=CCC2)C1. The van der Waals surface area contributed by atoms with E-state index in [0.717, 1.165) is 32.5 Å². The van der Waals surface area contributed by atoms with Crippen molar-refractivity contribution in [2.75, 3.05) is 19.6 Å². The lowest BCUT2D eigenvalue weighted by molar-refractivity contribution is 0.162. The quantitative estimate of drug-likeness (QED) is 0.767. The van der Waals surface area contributed by atoms with Gasteiger partial charge in [0.2, 0.25) is 0 Å². The Kier molecular flexibility index (Phi) is 5.09. The van der Waals surface area contributed by atoms with Gasteiger partial charge in [0.25, 0.3) is 0 Å². The normalized spacial score (nSPS) is 28.2. The van der Waals surface area contributed by atoms with Gasteiger partial charge >= 0.3 is 6.03 Å². The van der Waals surface area contributed by atoms with E-state index in [0.29, 0.717) is 11.8 Å². The van der Waals surface area contributed by atoms with Gasteiger partial charge in [0.05, 0.1) is 0 Å². The Hall–Kier alpha value is -0.990. The van der Waals surface area contributed by atoms with Crippen molar-refractivity contribution in [1.29, 1.82) is 0 Å². The molecular weight excluding hydrogens is 224 g/mol. The number of piperidine rings is 1. The molecule has 0 bridgehead atoms. The average Bonchev–Trinajstić information content (AvgIpc) is 2.46. The van der Waals surface area contributed by atoms with Crippen LogP contribution in [0.5, 0.6) is 0 Å². The van der Waals surface area contributed by atoms with E-state index in [1.807, 2.05) is 4.90 Å². The largest absolute Gasteiger partial charge is 0.338 e. The molecular formula is C15H26N2O. The molecule has 2 amide bonds. The lowest BCUT2D eigenvalue weighted by Crippen LogP contribution is -2.46. The third-order valence-corrected chi connectivity index (χ3v) is 4.30. The van der Waals surface area contributed by atoms with Crippen molar-refractivity contribution in [2.24, 2.45) is 11.8 Å². The minimum absolute atomic E-state index is 0.155. The minimum atomic E-state index is 0.155. The molecule has 1 aliphatic carbocycles.